The molecule has 0 aromatic carbocycles. The summed E-state index contributed by atoms with van der Waals surface area (Å²) in [6, 6.07) is 2.04. The molecule has 0 saturated carbocycles. The highest BCUT2D eigenvalue weighted by Crippen LogP contribution is 2.32. The van der Waals surface area contributed by atoms with Gasteiger partial charge in [0.25, 0.3) is 0 Å². The second kappa shape index (κ2) is 3.12. The third-order valence-electron chi connectivity index (χ3n) is 1.59. The van der Waals surface area contributed by atoms with Crippen LogP contribution in [0.4, 0.5) is 5.95 Å². The summed E-state index contributed by atoms with van der Waals surface area (Å²) in [6.45, 7) is 2.03. The number of hydrogen-bond donors (Lipinski definition) is 2. The number of nitrogens with one attached hydrogen (secondary N) is 1. The van der Waals surface area contributed by atoms with E-state index in [1.54, 1.807) is 11.3 Å². The van der Waals surface area contributed by atoms with Crippen LogP contribution in [0.3, 0.4) is 0 Å². The fourth-order valence-corrected chi connectivity index (χ4v) is 2.44. The molecule has 68 valence electrons. The Morgan fingerprint density at radius 2 is 2.38 bits per heavy atom. The zero-order valence-electron chi connectivity index (χ0n) is 6.84. The molecule has 2 rings (SSSR count). The summed E-state index contributed by atoms with van der Waals surface area (Å²) < 4.78 is 1.11. The number of H-pyrrole nitrogens is 1. The number of halogens is 1. The van der Waals surface area contributed by atoms with E-state index in [-0.39, 0.29) is 5.95 Å². The lowest BCUT2D eigenvalue weighted by molar-refractivity contribution is 1.11. The molecular formula is C7H7BrN4S. The summed E-state index contributed by atoms with van der Waals surface area (Å²) in [7, 11) is 0. The molecule has 2 aromatic rings. The van der Waals surface area contributed by atoms with Gasteiger partial charge in [0.15, 0.2) is 5.82 Å². The summed E-state index contributed by atoms with van der Waals surface area (Å²) in [4.78, 5) is 5.07. The average molecular weight is 259 g/mol. The molecule has 0 amide bonds. The summed E-state index contributed by atoms with van der Waals surface area (Å²) in [5, 5.41) is 6.53. The van der Waals surface area contributed by atoms with Crippen LogP contribution in [0.5, 0.6) is 0 Å². The first-order valence-electron chi connectivity index (χ1n) is 3.61. The van der Waals surface area contributed by atoms with Crippen molar-refractivity contribution in [2.45, 2.75) is 6.92 Å². The van der Waals surface area contributed by atoms with Crippen molar-refractivity contribution >= 4 is 33.2 Å². The van der Waals surface area contributed by atoms with Gasteiger partial charge in [-0.1, -0.05) is 0 Å². The lowest BCUT2D eigenvalue weighted by Gasteiger charge is -1.84. The highest BCUT2D eigenvalue weighted by molar-refractivity contribution is 9.11. The number of hydrogen-bond acceptors (Lipinski definition) is 4. The van der Waals surface area contributed by atoms with Crippen LogP contribution in [0.1, 0.15) is 5.56 Å². The van der Waals surface area contributed by atoms with Gasteiger partial charge in [-0.15, -0.1) is 16.4 Å². The maximum absolute atomic E-state index is 5.40. The quantitative estimate of drug-likeness (QED) is 0.824. The van der Waals surface area contributed by atoms with Crippen LogP contribution in [0, 0.1) is 6.92 Å². The summed E-state index contributed by atoms with van der Waals surface area (Å²) in [6.07, 6.45) is 0. The van der Waals surface area contributed by atoms with Crippen molar-refractivity contribution < 1.29 is 0 Å². The van der Waals surface area contributed by atoms with Crippen LogP contribution < -0.4 is 5.73 Å². The minimum absolute atomic E-state index is 0.275. The van der Waals surface area contributed by atoms with Crippen LogP contribution in [-0.2, 0) is 0 Å². The SMILES string of the molecule is Cc1cc(-c2nc(N)n[nH]2)sc1Br. The maximum Gasteiger partial charge on any atom is 0.239 e. The van der Waals surface area contributed by atoms with Crippen LogP contribution in [0.2, 0.25) is 0 Å². The fraction of sp³-hybridized carbons (Fsp3) is 0.143. The maximum atomic E-state index is 5.40. The molecule has 6 heteroatoms. The van der Waals surface area contributed by atoms with Gasteiger partial charge in [0.1, 0.15) is 0 Å². The van der Waals surface area contributed by atoms with E-state index in [9.17, 15) is 0 Å². The monoisotopic (exact) mass is 258 g/mol. The third kappa shape index (κ3) is 1.59. The molecule has 3 N–H and O–H groups in total. The van der Waals surface area contributed by atoms with E-state index >= 15 is 0 Å². The topological polar surface area (TPSA) is 67.6 Å². The van der Waals surface area contributed by atoms with Gasteiger partial charge in [0.2, 0.25) is 5.95 Å². The molecule has 13 heavy (non-hydrogen) atoms. The molecule has 0 aliphatic rings. The van der Waals surface area contributed by atoms with Crippen molar-refractivity contribution in [1.29, 1.82) is 0 Å². The van der Waals surface area contributed by atoms with Crippen molar-refractivity contribution in [3.05, 3.63) is 15.4 Å². The van der Waals surface area contributed by atoms with E-state index in [2.05, 4.69) is 31.1 Å². The van der Waals surface area contributed by atoms with Gasteiger partial charge in [-0.05, 0) is 34.5 Å². The minimum atomic E-state index is 0.275. The smallest absolute Gasteiger partial charge is 0.239 e. The van der Waals surface area contributed by atoms with Gasteiger partial charge in [0, 0.05) is 0 Å². The number of nitrogens with two attached hydrogens (primary N) is 1. The minimum Gasteiger partial charge on any atom is -0.366 e. The van der Waals surface area contributed by atoms with E-state index in [1.165, 1.54) is 5.56 Å². The molecule has 0 atom stereocenters. The Morgan fingerprint density at radius 1 is 1.62 bits per heavy atom. The summed E-state index contributed by atoms with van der Waals surface area (Å²) in [5.74, 6) is 0.994. The Labute approximate surface area is 87.3 Å². The van der Waals surface area contributed by atoms with Crippen molar-refractivity contribution in [2.24, 2.45) is 0 Å². The standard InChI is InChI=1S/C7H7BrN4S/c1-3-2-4(13-5(3)8)6-10-7(9)12-11-6/h2H,1H3,(H3,9,10,11,12). The van der Waals surface area contributed by atoms with E-state index in [0.29, 0.717) is 0 Å². The first-order chi connectivity index (χ1) is 6.16. The lowest BCUT2D eigenvalue weighted by atomic mass is 10.3. The number of aromatic amines is 1. The van der Waals surface area contributed by atoms with Gasteiger partial charge in [-0.2, -0.15) is 4.98 Å². The van der Waals surface area contributed by atoms with Gasteiger partial charge in [0.05, 0.1) is 8.66 Å². The van der Waals surface area contributed by atoms with Crippen molar-refractivity contribution in [1.82, 2.24) is 15.2 Å². The molecular weight excluding hydrogens is 252 g/mol. The first kappa shape index (κ1) is 8.71. The predicted molar refractivity (Wildman–Crippen MR) is 56.5 cm³/mol. The Balaban J connectivity index is 2.46. The molecule has 4 nitrogen and oxygen atoms in total. The zero-order chi connectivity index (χ0) is 9.42. The number of nitrogen functional groups attached to an aromatic ring is 1. The van der Waals surface area contributed by atoms with E-state index < -0.39 is 0 Å². The molecule has 0 aliphatic heterocycles. The van der Waals surface area contributed by atoms with E-state index in [0.717, 1.165) is 14.5 Å². The Bertz CT molecular complexity index is 414. The van der Waals surface area contributed by atoms with E-state index in [1.807, 2.05) is 13.0 Å². The number of thiophene rings is 1. The summed E-state index contributed by atoms with van der Waals surface area (Å²) >= 11 is 5.05. The molecule has 0 unspecified atom stereocenters. The van der Waals surface area contributed by atoms with Crippen molar-refractivity contribution in [3.8, 4) is 10.7 Å². The molecule has 0 radical (unpaired) electrons. The zero-order valence-corrected chi connectivity index (χ0v) is 9.24. The Kier molecular flexibility index (Phi) is 2.09. The highest BCUT2D eigenvalue weighted by atomic mass is 79.9. The van der Waals surface area contributed by atoms with Crippen LogP contribution in [-0.4, -0.2) is 15.2 Å². The molecule has 0 saturated heterocycles. The number of nitrogens with zero attached hydrogens (tertiary/aromatic N) is 2. The van der Waals surface area contributed by atoms with Gasteiger partial charge < -0.3 is 5.73 Å². The van der Waals surface area contributed by atoms with Gasteiger partial charge >= 0.3 is 0 Å². The largest absolute Gasteiger partial charge is 0.366 e. The first-order valence-corrected chi connectivity index (χ1v) is 5.22. The van der Waals surface area contributed by atoms with Gasteiger partial charge in [-0.3, -0.25) is 5.10 Å². The van der Waals surface area contributed by atoms with Crippen LogP contribution >= 0.6 is 27.3 Å². The summed E-state index contributed by atoms with van der Waals surface area (Å²) in [5.41, 5.74) is 6.59. The number of aromatic nitrogens is 3. The normalized spacial score (nSPS) is 10.6. The molecule has 0 fully saturated rings. The third-order valence-corrected chi connectivity index (χ3v) is 3.74. The van der Waals surface area contributed by atoms with Crippen LogP contribution in [0.15, 0.2) is 9.85 Å². The van der Waals surface area contributed by atoms with Crippen molar-refractivity contribution in [2.75, 3.05) is 5.73 Å². The number of aryl methyl sites for hydroxylation is 1. The van der Waals surface area contributed by atoms with Crippen LogP contribution in [0.25, 0.3) is 10.7 Å². The number of anilines is 1. The molecule has 0 aliphatic carbocycles. The Hall–Kier alpha value is -0.880. The molecule has 0 spiro atoms. The second-order valence-electron chi connectivity index (χ2n) is 2.61. The second-order valence-corrected chi connectivity index (χ2v) is 4.98. The fourth-order valence-electron chi connectivity index (χ4n) is 0.962. The predicted octanol–water partition coefficient (Wildman–Crippen LogP) is 2.19. The van der Waals surface area contributed by atoms with E-state index in [4.69, 9.17) is 5.73 Å². The molecule has 2 heterocycles. The average Bonchev–Trinajstić information content (AvgIpc) is 2.61. The lowest BCUT2D eigenvalue weighted by Crippen LogP contribution is -1.84. The van der Waals surface area contributed by atoms with Crippen molar-refractivity contribution in [3.63, 3.8) is 0 Å². The molecule has 0 bridgehead atoms. The van der Waals surface area contributed by atoms with Gasteiger partial charge in [-0.25, -0.2) is 0 Å². The highest BCUT2D eigenvalue weighted by Gasteiger charge is 2.08. The number of rotatable bonds is 1. The Morgan fingerprint density at radius 3 is 2.85 bits per heavy atom. The molecule has 2 aromatic heterocycles.